The molecule has 1 atom stereocenters. The van der Waals surface area contributed by atoms with Gasteiger partial charge in [-0.15, -0.1) is 34.4 Å². The molecule has 0 saturated carbocycles. The zero-order chi connectivity index (χ0) is 10.3. The molecule has 2 aromatic heterocycles. The standard InChI is InChI=1S/C11H8OS3/c12-8-6-10(9-2-1-4-13-9)15-11-7(8)3-5-14-11/h1-5,10H,6H2/t10-/m0/s1. The number of Topliss-reactive ketones (excluding diaryl/α,β-unsaturated/α-hetero) is 1. The topological polar surface area (TPSA) is 17.1 Å². The van der Waals surface area contributed by atoms with E-state index in [0.717, 1.165) is 5.56 Å². The van der Waals surface area contributed by atoms with E-state index >= 15 is 0 Å². The highest BCUT2D eigenvalue weighted by Gasteiger charge is 2.28. The van der Waals surface area contributed by atoms with Crippen LogP contribution in [0.25, 0.3) is 0 Å². The normalized spacial score (nSPS) is 20.3. The molecule has 0 amide bonds. The lowest BCUT2D eigenvalue weighted by Gasteiger charge is -2.19. The minimum Gasteiger partial charge on any atom is -0.294 e. The Labute approximate surface area is 100 Å². The lowest BCUT2D eigenvalue weighted by molar-refractivity contribution is 0.0978. The van der Waals surface area contributed by atoms with Crippen LogP contribution in [0.3, 0.4) is 0 Å². The van der Waals surface area contributed by atoms with Crippen LogP contribution in [0.4, 0.5) is 0 Å². The quantitative estimate of drug-likeness (QED) is 0.755. The number of hydrogen-bond acceptors (Lipinski definition) is 4. The Morgan fingerprint density at radius 2 is 2.13 bits per heavy atom. The van der Waals surface area contributed by atoms with E-state index in [0.29, 0.717) is 17.5 Å². The third-order valence-electron chi connectivity index (χ3n) is 2.41. The average molecular weight is 252 g/mol. The molecule has 4 heteroatoms. The van der Waals surface area contributed by atoms with Crippen LogP contribution in [0.5, 0.6) is 0 Å². The number of carbonyl (C=O) groups excluding carboxylic acids is 1. The first-order valence-electron chi connectivity index (χ1n) is 4.65. The van der Waals surface area contributed by atoms with Crippen molar-refractivity contribution in [3.8, 4) is 0 Å². The van der Waals surface area contributed by atoms with E-state index < -0.39 is 0 Å². The molecule has 0 radical (unpaired) electrons. The monoisotopic (exact) mass is 252 g/mol. The summed E-state index contributed by atoms with van der Waals surface area (Å²) in [7, 11) is 0. The third-order valence-corrected chi connectivity index (χ3v) is 5.97. The zero-order valence-electron chi connectivity index (χ0n) is 7.80. The number of thioether (sulfide) groups is 1. The van der Waals surface area contributed by atoms with E-state index in [4.69, 9.17) is 0 Å². The van der Waals surface area contributed by atoms with E-state index in [1.807, 2.05) is 23.2 Å². The van der Waals surface area contributed by atoms with Crippen LogP contribution in [0.1, 0.15) is 26.9 Å². The minimum atomic E-state index is 0.295. The van der Waals surface area contributed by atoms with Crippen molar-refractivity contribution in [2.45, 2.75) is 15.9 Å². The number of carbonyl (C=O) groups is 1. The van der Waals surface area contributed by atoms with Gasteiger partial charge in [0.25, 0.3) is 0 Å². The molecule has 1 aliphatic heterocycles. The highest BCUT2D eigenvalue weighted by molar-refractivity contribution is 8.01. The van der Waals surface area contributed by atoms with Crippen molar-refractivity contribution >= 4 is 40.2 Å². The van der Waals surface area contributed by atoms with Crippen molar-refractivity contribution in [3.63, 3.8) is 0 Å². The Morgan fingerprint density at radius 3 is 2.93 bits per heavy atom. The van der Waals surface area contributed by atoms with E-state index in [1.165, 1.54) is 9.09 Å². The van der Waals surface area contributed by atoms with Gasteiger partial charge in [0.15, 0.2) is 5.78 Å². The van der Waals surface area contributed by atoms with Crippen molar-refractivity contribution in [3.05, 3.63) is 39.4 Å². The van der Waals surface area contributed by atoms with Crippen LogP contribution in [0.15, 0.2) is 33.2 Å². The molecule has 3 rings (SSSR count). The van der Waals surface area contributed by atoms with Gasteiger partial charge in [0.05, 0.1) is 9.46 Å². The highest BCUT2D eigenvalue weighted by Crippen LogP contribution is 2.47. The van der Waals surface area contributed by atoms with Crippen LogP contribution < -0.4 is 0 Å². The van der Waals surface area contributed by atoms with E-state index in [-0.39, 0.29) is 0 Å². The Balaban J connectivity index is 1.96. The maximum Gasteiger partial charge on any atom is 0.166 e. The zero-order valence-corrected chi connectivity index (χ0v) is 10.3. The first kappa shape index (κ1) is 9.63. The van der Waals surface area contributed by atoms with Crippen LogP contribution >= 0.6 is 34.4 Å². The largest absolute Gasteiger partial charge is 0.294 e. The van der Waals surface area contributed by atoms with Gasteiger partial charge in [-0.1, -0.05) is 6.07 Å². The number of thiophene rings is 2. The number of rotatable bonds is 1. The van der Waals surface area contributed by atoms with Crippen molar-refractivity contribution in [2.75, 3.05) is 0 Å². The maximum absolute atomic E-state index is 11.9. The van der Waals surface area contributed by atoms with Crippen molar-refractivity contribution in [2.24, 2.45) is 0 Å². The smallest absolute Gasteiger partial charge is 0.166 e. The number of hydrogen-bond donors (Lipinski definition) is 0. The SMILES string of the molecule is O=C1C[C@@H](c2cccs2)Sc2sccc21. The molecular weight excluding hydrogens is 244 g/mol. The molecule has 0 bridgehead atoms. The predicted octanol–water partition coefficient (Wildman–Crippen LogP) is 4.23. The lowest BCUT2D eigenvalue weighted by Crippen LogP contribution is -2.09. The number of ketones is 1. The van der Waals surface area contributed by atoms with Gasteiger partial charge in [-0.3, -0.25) is 4.79 Å². The summed E-state index contributed by atoms with van der Waals surface area (Å²) in [6.45, 7) is 0. The van der Waals surface area contributed by atoms with Gasteiger partial charge in [-0.05, 0) is 22.9 Å². The summed E-state index contributed by atoms with van der Waals surface area (Å²) >= 11 is 5.25. The molecule has 15 heavy (non-hydrogen) atoms. The van der Waals surface area contributed by atoms with Gasteiger partial charge in [0, 0.05) is 16.9 Å². The van der Waals surface area contributed by atoms with E-state index in [2.05, 4.69) is 17.5 Å². The fraction of sp³-hybridized carbons (Fsp3) is 0.182. The van der Waals surface area contributed by atoms with Gasteiger partial charge in [0.2, 0.25) is 0 Å². The summed E-state index contributed by atoms with van der Waals surface area (Å²) in [6.07, 6.45) is 0.648. The molecule has 0 unspecified atom stereocenters. The maximum atomic E-state index is 11.9. The molecule has 3 heterocycles. The van der Waals surface area contributed by atoms with Crippen LogP contribution in [0, 0.1) is 0 Å². The van der Waals surface area contributed by atoms with Crippen LogP contribution in [-0.4, -0.2) is 5.78 Å². The fourth-order valence-corrected chi connectivity index (χ4v) is 5.06. The lowest BCUT2D eigenvalue weighted by atomic mass is 10.1. The molecule has 0 spiro atoms. The summed E-state index contributed by atoms with van der Waals surface area (Å²) in [5.74, 6) is 0.295. The van der Waals surface area contributed by atoms with Gasteiger partial charge in [-0.2, -0.15) is 0 Å². The molecule has 2 aromatic rings. The van der Waals surface area contributed by atoms with Gasteiger partial charge in [-0.25, -0.2) is 0 Å². The van der Waals surface area contributed by atoms with Crippen molar-refractivity contribution in [1.82, 2.24) is 0 Å². The van der Waals surface area contributed by atoms with Gasteiger partial charge >= 0.3 is 0 Å². The van der Waals surface area contributed by atoms with Crippen LogP contribution in [-0.2, 0) is 0 Å². The Kier molecular flexibility index (Phi) is 2.42. The van der Waals surface area contributed by atoms with E-state index in [9.17, 15) is 4.79 Å². The predicted molar refractivity (Wildman–Crippen MR) is 66.2 cm³/mol. The molecule has 0 N–H and O–H groups in total. The summed E-state index contributed by atoms with van der Waals surface area (Å²) in [6, 6.07) is 6.11. The molecule has 0 aliphatic carbocycles. The molecule has 1 aliphatic rings. The van der Waals surface area contributed by atoms with Crippen molar-refractivity contribution in [1.29, 1.82) is 0 Å². The van der Waals surface area contributed by atoms with Gasteiger partial charge < -0.3 is 0 Å². The number of fused-ring (bicyclic) bond motifs is 1. The fourth-order valence-electron chi connectivity index (χ4n) is 1.68. The molecule has 1 nitrogen and oxygen atoms in total. The highest BCUT2D eigenvalue weighted by atomic mass is 32.2. The summed E-state index contributed by atoms with van der Waals surface area (Å²) in [4.78, 5) is 13.2. The molecule has 76 valence electrons. The molecule has 0 fully saturated rings. The van der Waals surface area contributed by atoms with Crippen LogP contribution in [0.2, 0.25) is 0 Å². The summed E-state index contributed by atoms with van der Waals surface area (Å²) < 4.78 is 1.18. The molecule has 0 saturated heterocycles. The second-order valence-electron chi connectivity index (χ2n) is 3.37. The van der Waals surface area contributed by atoms with Gasteiger partial charge in [0.1, 0.15) is 0 Å². The molecular formula is C11H8OS3. The minimum absolute atomic E-state index is 0.295. The Bertz CT molecular complexity index is 484. The third kappa shape index (κ3) is 1.67. The average Bonchev–Trinajstić information content (AvgIpc) is 2.88. The molecule has 0 aromatic carbocycles. The Hall–Kier alpha value is -0.580. The summed E-state index contributed by atoms with van der Waals surface area (Å²) in [5.41, 5.74) is 0.929. The summed E-state index contributed by atoms with van der Waals surface area (Å²) in [5, 5.41) is 4.42. The first-order chi connectivity index (χ1) is 7.34. The van der Waals surface area contributed by atoms with E-state index in [1.54, 1.807) is 22.7 Å². The Morgan fingerprint density at radius 1 is 1.20 bits per heavy atom. The van der Waals surface area contributed by atoms with Crippen molar-refractivity contribution < 1.29 is 4.79 Å². The first-order valence-corrected chi connectivity index (χ1v) is 7.29. The second-order valence-corrected chi connectivity index (χ2v) is 6.74. The second kappa shape index (κ2) is 3.77.